The first-order valence-electron chi connectivity index (χ1n) is 4.02. The molecule has 1 nitrogen and oxygen atoms in total. The maximum Gasteiger partial charge on any atom is 0.0503 e. The molecule has 2 rings (SSSR count). The summed E-state index contributed by atoms with van der Waals surface area (Å²) in [6, 6.07) is 6.34. The molecule has 0 aromatic heterocycles. The summed E-state index contributed by atoms with van der Waals surface area (Å²) in [6.45, 7) is 2.42. The van der Waals surface area contributed by atoms with Gasteiger partial charge in [-0.25, -0.2) is 0 Å². The summed E-state index contributed by atoms with van der Waals surface area (Å²) in [4.78, 5) is 0. The molecule has 0 spiro atoms. The molecule has 1 heteroatoms. The highest BCUT2D eigenvalue weighted by molar-refractivity contribution is 5.45. The Morgan fingerprint density at radius 2 is 2.36 bits per heavy atom. The minimum absolute atomic E-state index is 0.303. The van der Waals surface area contributed by atoms with E-state index in [1.165, 1.54) is 16.7 Å². The van der Waals surface area contributed by atoms with Crippen molar-refractivity contribution in [3.8, 4) is 0 Å². The summed E-state index contributed by atoms with van der Waals surface area (Å²) < 4.78 is 0. The maximum atomic E-state index is 8.96. The number of aliphatic hydroxyl groups excluding tert-OH is 1. The van der Waals surface area contributed by atoms with Crippen molar-refractivity contribution >= 4 is 0 Å². The molecule has 0 heterocycles. The van der Waals surface area contributed by atoms with Gasteiger partial charge < -0.3 is 5.11 Å². The minimum Gasteiger partial charge on any atom is -0.396 e. The van der Waals surface area contributed by atoms with Crippen LogP contribution in [0.15, 0.2) is 18.2 Å². The molecule has 1 atom stereocenters. The van der Waals surface area contributed by atoms with E-state index in [4.69, 9.17) is 5.11 Å². The van der Waals surface area contributed by atoms with Crippen LogP contribution in [0.1, 0.15) is 22.6 Å². The molecule has 1 unspecified atom stereocenters. The van der Waals surface area contributed by atoms with Gasteiger partial charge >= 0.3 is 0 Å². The van der Waals surface area contributed by atoms with Crippen molar-refractivity contribution in [1.29, 1.82) is 0 Å². The Morgan fingerprint density at radius 3 is 3.00 bits per heavy atom. The van der Waals surface area contributed by atoms with Crippen molar-refractivity contribution in [3.63, 3.8) is 0 Å². The van der Waals surface area contributed by atoms with Gasteiger partial charge in [0.1, 0.15) is 0 Å². The minimum atomic E-state index is 0.303. The molecule has 0 radical (unpaired) electrons. The summed E-state index contributed by atoms with van der Waals surface area (Å²) in [6.07, 6.45) is 1.06. The average Bonchev–Trinajstić information content (AvgIpc) is 1.93. The lowest BCUT2D eigenvalue weighted by molar-refractivity contribution is 0.252. The van der Waals surface area contributed by atoms with Gasteiger partial charge in [0.15, 0.2) is 0 Å². The van der Waals surface area contributed by atoms with E-state index >= 15 is 0 Å². The third-order valence-electron chi connectivity index (χ3n) is 2.51. The largest absolute Gasteiger partial charge is 0.396 e. The Balaban J connectivity index is 2.43. The van der Waals surface area contributed by atoms with E-state index in [-0.39, 0.29) is 0 Å². The third-order valence-corrected chi connectivity index (χ3v) is 2.51. The van der Waals surface area contributed by atoms with Crippen LogP contribution >= 0.6 is 0 Å². The van der Waals surface area contributed by atoms with Gasteiger partial charge in [-0.3, -0.25) is 0 Å². The van der Waals surface area contributed by atoms with E-state index in [0.29, 0.717) is 12.5 Å². The first kappa shape index (κ1) is 6.86. The highest BCUT2D eigenvalue weighted by Crippen LogP contribution is 2.36. The highest BCUT2D eigenvalue weighted by Gasteiger charge is 2.26. The molecular formula is C10H12O. The second-order valence-corrected chi connectivity index (χ2v) is 3.23. The summed E-state index contributed by atoms with van der Waals surface area (Å²) in [5, 5.41) is 8.96. The molecule has 0 saturated heterocycles. The Bertz CT molecular complexity index is 264. The Labute approximate surface area is 66.7 Å². The molecule has 11 heavy (non-hydrogen) atoms. The van der Waals surface area contributed by atoms with Crippen molar-refractivity contribution in [2.75, 3.05) is 6.61 Å². The molecule has 0 aliphatic heterocycles. The van der Waals surface area contributed by atoms with Gasteiger partial charge in [0, 0.05) is 5.92 Å². The van der Waals surface area contributed by atoms with Crippen LogP contribution in [0.25, 0.3) is 0 Å². The van der Waals surface area contributed by atoms with Gasteiger partial charge in [-0.2, -0.15) is 0 Å². The zero-order valence-corrected chi connectivity index (χ0v) is 6.67. The van der Waals surface area contributed by atoms with Crippen LogP contribution in [0.3, 0.4) is 0 Å². The van der Waals surface area contributed by atoms with Crippen molar-refractivity contribution in [3.05, 3.63) is 34.9 Å². The molecular weight excluding hydrogens is 136 g/mol. The predicted octanol–water partition coefficient (Wildman–Crippen LogP) is 1.63. The first-order valence-corrected chi connectivity index (χ1v) is 4.02. The normalized spacial score (nSPS) is 20.7. The van der Waals surface area contributed by atoms with Gasteiger partial charge in [0.25, 0.3) is 0 Å². The van der Waals surface area contributed by atoms with Crippen LogP contribution in [0.2, 0.25) is 0 Å². The first-order chi connectivity index (χ1) is 5.33. The van der Waals surface area contributed by atoms with Crippen LogP contribution in [0.4, 0.5) is 0 Å². The lowest BCUT2D eigenvalue weighted by Gasteiger charge is -2.30. The molecule has 1 aromatic carbocycles. The Hall–Kier alpha value is -0.820. The lowest BCUT2D eigenvalue weighted by Crippen LogP contribution is -2.21. The van der Waals surface area contributed by atoms with Gasteiger partial charge in [-0.05, 0) is 30.0 Å². The summed E-state index contributed by atoms with van der Waals surface area (Å²) in [7, 11) is 0. The molecule has 0 fully saturated rings. The Kier molecular flexibility index (Phi) is 1.46. The van der Waals surface area contributed by atoms with Crippen molar-refractivity contribution in [2.24, 2.45) is 0 Å². The van der Waals surface area contributed by atoms with Crippen molar-refractivity contribution in [2.45, 2.75) is 19.3 Å². The summed E-state index contributed by atoms with van der Waals surface area (Å²) >= 11 is 0. The zero-order chi connectivity index (χ0) is 7.84. The summed E-state index contributed by atoms with van der Waals surface area (Å²) in [5.41, 5.74) is 4.13. The monoisotopic (exact) mass is 148 g/mol. The van der Waals surface area contributed by atoms with E-state index in [9.17, 15) is 0 Å². The average molecular weight is 148 g/mol. The topological polar surface area (TPSA) is 20.2 Å². The third kappa shape index (κ3) is 0.881. The number of benzene rings is 1. The van der Waals surface area contributed by atoms with Crippen LogP contribution in [-0.2, 0) is 6.42 Å². The van der Waals surface area contributed by atoms with Crippen LogP contribution < -0.4 is 0 Å². The number of fused-ring (bicyclic) bond motifs is 1. The number of aryl methyl sites for hydroxylation is 1. The molecule has 1 N–H and O–H groups in total. The van der Waals surface area contributed by atoms with Gasteiger partial charge in [0.2, 0.25) is 0 Å². The molecule has 1 aliphatic carbocycles. The second-order valence-electron chi connectivity index (χ2n) is 3.23. The van der Waals surface area contributed by atoms with E-state index in [2.05, 4.69) is 25.1 Å². The fraction of sp³-hybridized carbons (Fsp3) is 0.400. The molecule has 0 saturated carbocycles. The van der Waals surface area contributed by atoms with Crippen molar-refractivity contribution < 1.29 is 5.11 Å². The molecule has 0 amide bonds. The SMILES string of the molecule is Cc1cccc2c1C(CO)C2. The second kappa shape index (κ2) is 2.35. The number of hydrogen-bond acceptors (Lipinski definition) is 1. The van der Waals surface area contributed by atoms with E-state index < -0.39 is 0 Å². The molecule has 58 valence electrons. The quantitative estimate of drug-likeness (QED) is 0.641. The van der Waals surface area contributed by atoms with E-state index in [1.54, 1.807) is 0 Å². The number of aliphatic hydroxyl groups is 1. The summed E-state index contributed by atoms with van der Waals surface area (Å²) in [5.74, 6) is 0.422. The van der Waals surface area contributed by atoms with Crippen LogP contribution in [0.5, 0.6) is 0 Å². The lowest BCUT2D eigenvalue weighted by atomic mass is 9.76. The number of hydrogen-bond donors (Lipinski definition) is 1. The van der Waals surface area contributed by atoms with Gasteiger partial charge in [-0.1, -0.05) is 18.2 Å². The standard InChI is InChI=1S/C10H12O/c1-7-3-2-4-8-5-9(6-11)10(7)8/h2-4,9,11H,5-6H2,1H3. The van der Waals surface area contributed by atoms with E-state index in [0.717, 1.165) is 6.42 Å². The van der Waals surface area contributed by atoms with Crippen molar-refractivity contribution in [1.82, 2.24) is 0 Å². The van der Waals surface area contributed by atoms with E-state index in [1.807, 2.05) is 0 Å². The molecule has 0 bridgehead atoms. The molecule has 1 aromatic rings. The fourth-order valence-electron chi connectivity index (χ4n) is 1.90. The predicted molar refractivity (Wildman–Crippen MR) is 44.7 cm³/mol. The Morgan fingerprint density at radius 1 is 1.55 bits per heavy atom. The zero-order valence-electron chi connectivity index (χ0n) is 6.67. The van der Waals surface area contributed by atoms with Gasteiger partial charge in [-0.15, -0.1) is 0 Å². The van der Waals surface area contributed by atoms with Gasteiger partial charge in [0.05, 0.1) is 6.61 Å². The smallest absolute Gasteiger partial charge is 0.0503 e. The van der Waals surface area contributed by atoms with Crippen LogP contribution in [0, 0.1) is 6.92 Å². The van der Waals surface area contributed by atoms with Crippen LogP contribution in [-0.4, -0.2) is 11.7 Å². The maximum absolute atomic E-state index is 8.96. The fourth-order valence-corrected chi connectivity index (χ4v) is 1.90. The highest BCUT2D eigenvalue weighted by atomic mass is 16.3. The molecule has 1 aliphatic rings. The number of rotatable bonds is 1.